The number of carbonyl (C=O) groups excluding carboxylic acids is 2. The van der Waals surface area contributed by atoms with Crippen LogP contribution in [0.5, 0.6) is 0 Å². The van der Waals surface area contributed by atoms with Crippen molar-refractivity contribution >= 4 is 17.4 Å². The highest BCUT2D eigenvalue weighted by Crippen LogP contribution is 2.39. The standard InChI is InChI=1S/C21H25N5O4/c1-13-16(14(2)24-23-13)19(27)17-18(15-5-3-4-6-22-15)26(21(29)20(17)28)8-7-25-9-11-30-12-10-25/h3-6,18,27H,7-12H2,1-2H3,(H,23,24)/b19-17+/t18-/m0/s1. The number of hydrogen-bond donors (Lipinski definition) is 2. The summed E-state index contributed by atoms with van der Waals surface area (Å²) < 4.78 is 5.38. The van der Waals surface area contributed by atoms with Gasteiger partial charge in [-0.05, 0) is 26.0 Å². The molecule has 2 aromatic heterocycles. The molecule has 158 valence electrons. The molecule has 2 aromatic rings. The molecule has 2 fully saturated rings. The van der Waals surface area contributed by atoms with Crippen molar-refractivity contribution < 1.29 is 19.4 Å². The quantitative estimate of drug-likeness (QED) is 0.432. The van der Waals surface area contributed by atoms with Crippen LogP contribution in [0.15, 0.2) is 30.0 Å². The Kier molecular flexibility index (Phi) is 5.65. The topological polar surface area (TPSA) is 112 Å². The Hall–Kier alpha value is -3.04. The number of aromatic nitrogens is 3. The maximum absolute atomic E-state index is 13.0. The number of ether oxygens (including phenoxy) is 1. The molecule has 0 bridgehead atoms. The van der Waals surface area contributed by atoms with E-state index in [0.717, 1.165) is 13.1 Å². The van der Waals surface area contributed by atoms with Crippen LogP contribution >= 0.6 is 0 Å². The molecule has 2 aliphatic rings. The van der Waals surface area contributed by atoms with Gasteiger partial charge >= 0.3 is 0 Å². The predicted molar refractivity (Wildman–Crippen MR) is 109 cm³/mol. The summed E-state index contributed by atoms with van der Waals surface area (Å²) in [5.41, 5.74) is 2.22. The van der Waals surface area contributed by atoms with Gasteiger partial charge in [-0.3, -0.25) is 24.6 Å². The lowest BCUT2D eigenvalue weighted by Gasteiger charge is -2.30. The number of hydrogen-bond acceptors (Lipinski definition) is 7. The van der Waals surface area contributed by atoms with Crippen LogP contribution in [0.25, 0.3) is 5.76 Å². The van der Waals surface area contributed by atoms with Gasteiger partial charge in [-0.15, -0.1) is 0 Å². The van der Waals surface area contributed by atoms with Crippen LogP contribution in [0, 0.1) is 13.8 Å². The van der Waals surface area contributed by atoms with Crippen LogP contribution in [0.3, 0.4) is 0 Å². The van der Waals surface area contributed by atoms with Crippen molar-refractivity contribution in [3.8, 4) is 0 Å². The number of carbonyl (C=O) groups is 2. The maximum Gasteiger partial charge on any atom is 0.295 e. The summed E-state index contributed by atoms with van der Waals surface area (Å²) in [7, 11) is 0. The van der Waals surface area contributed by atoms with Crippen LogP contribution in [0.1, 0.15) is 28.7 Å². The minimum Gasteiger partial charge on any atom is -0.507 e. The minimum atomic E-state index is -0.749. The van der Waals surface area contributed by atoms with Gasteiger partial charge in [0.15, 0.2) is 0 Å². The molecule has 2 saturated heterocycles. The first kappa shape index (κ1) is 20.2. The highest BCUT2D eigenvalue weighted by atomic mass is 16.5. The summed E-state index contributed by atoms with van der Waals surface area (Å²) in [6.07, 6.45) is 1.62. The highest BCUT2D eigenvalue weighted by molar-refractivity contribution is 6.46. The number of likely N-dealkylation sites (tertiary alicyclic amines) is 1. The van der Waals surface area contributed by atoms with E-state index in [-0.39, 0.29) is 11.3 Å². The largest absolute Gasteiger partial charge is 0.507 e. The van der Waals surface area contributed by atoms with E-state index < -0.39 is 17.7 Å². The Balaban J connectivity index is 1.74. The second-order valence-corrected chi connectivity index (χ2v) is 7.51. The Morgan fingerprint density at radius 2 is 2.00 bits per heavy atom. The summed E-state index contributed by atoms with van der Waals surface area (Å²) in [6, 6.07) is 4.59. The minimum absolute atomic E-state index is 0.0493. The summed E-state index contributed by atoms with van der Waals surface area (Å²) >= 11 is 0. The molecule has 0 saturated carbocycles. The number of morpholine rings is 1. The molecule has 4 rings (SSSR count). The smallest absolute Gasteiger partial charge is 0.295 e. The van der Waals surface area contributed by atoms with Crippen molar-refractivity contribution in [3.05, 3.63) is 52.6 Å². The molecular weight excluding hydrogens is 386 g/mol. The number of aromatic amines is 1. The molecular formula is C21H25N5O4. The SMILES string of the molecule is Cc1n[nH]c(C)c1/C(O)=C1\C(=O)C(=O)N(CCN2CCOCC2)[C@H]1c1ccccn1. The number of aliphatic hydroxyl groups is 1. The van der Waals surface area contributed by atoms with E-state index in [1.807, 2.05) is 0 Å². The number of amides is 1. The lowest BCUT2D eigenvalue weighted by atomic mass is 9.97. The number of nitrogens with one attached hydrogen (secondary N) is 1. The van der Waals surface area contributed by atoms with Crippen molar-refractivity contribution in [3.63, 3.8) is 0 Å². The van der Waals surface area contributed by atoms with E-state index in [9.17, 15) is 14.7 Å². The van der Waals surface area contributed by atoms with E-state index in [4.69, 9.17) is 4.74 Å². The zero-order valence-electron chi connectivity index (χ0n) is 17.1. The molecule has 0 spiro atoms. The molecule has 4 heterocycles. The number of Topliss-reactive ketones (excluding diaryl/α,β-unsaturated/α-hetero) is 1. The van der Waals surface area contributed by atoms with Crippen LogP contribution < -0.4 is 0 Å². The van der Waals surface area contributed by atoms with Crippen molar-refractivity contribution in [1.82, 2.24) is 25.0 Å². The highest BCUT2D eigenvalue weighted by Gasteiger charge is 2.47. The average molecular weight is 411 g/mol. The Bertz CT molecular complexity index is 959. The van der Waals surface area contributed by atoms with Gasteiger partial charge in [0.25, 0.3) is 11.7 Å². The lowest BCUT2D eigenvalue weighted by Crippen LogP contribution is -2.42. The maximum atomic E-state index is 13.0. The van der Waals surface area contributed by atoms with Crippen LogP contribution in [-0.4, -0.2) is 81.2 Å². The normalized spacial score (nSPS) is 22.1. The molecule has 0 aliphatic carbocycles. The molecule has 1 atom stereocenters. The number of nitrogens with zero attached hydrogens (tertiary/aromatic N) is 4. The van der Waals surface area contributed by atoms with Gasteiger partial charge in [-0.1, -0.05) is 6.07 Å². The molecule has 0 radical (unpaired) electrons. The first-order valence-corrected chi connectivity index (χ1v) is 10.0. The third kappa shape index (κ3) is 3.61. The fourth-order valence-electron chi connectivity index (χ4n) is 4.06. The molecule has 30 heavy (non-hydrogen) atoms. The van der Waals surface area contributed by atoms with Crippen molar-refractivity contribution in [1.29, 1.82) is 0 Å². The van der Waals surface area contributed by atoms with Crippen molar-refractivity contribution in [2.75, 3.05) is 39.4 Å². The average Bonchev–Trinajstić information content (AvgIpc) is 3.23. The zero-order chi connectivity index (χ0) is 21.3. The first-order chi connectivity index (χ1) is 14.5. The third-order valence-corrected chi connectivity index (χ3v) is 5.63. The van der Waals surface area contributed by atoms with E-state index in [1.165, 1.54) is 4.90 Å². The fraction of sp³-hybridized carbons (Fsp3) is 0.429. The molecule has 0 unspecified atom stereocenters. The molecule has 0 aromatic carbocycles. The predicted octanol–water partition coefficient (Wildman–Crippen LogP) is 1.18. The number of aliphatic hydroxyl groups excluding tert-OH is 1. The van der Waals surface area contributed by atoms with Crippen molar-refractivity contribution in [2.24, 2.45) is 0 Å². The van der Waals surface area contributed by atoms with E-state index in [2.05, 4.69) is 20.1 Å². The van der Waals surface area contributed by atoms with Gasteiger partial charge in [0.2, 0.25) is 0 Å². The summed E-state index contributed by atoms with van der Waals surface area (Å²) in [5, 5.41) is 18.0. The summed E-state index contributed by atoms with van der Waals surface area (Å²) in [4.78, 5) is 34.1. The number of pyridine rings is 1. The van der Waals surface area contributed by atoms with E-state index in [1.54, 1.807) is 38.2 Å². The van der Waals surface area contributed by atoms with E-state index >= 15 is 0 Å². The number of ketones is 1. The Morgan fingerprint density at radius 1 is 1.23 bits per heavy atom. The lowest BCUT2D eigenvalue weighted by molar-refractivity contribution is -0.140. The third-order valence-electron chi connectivity index (χ3n) is 5.63. The molecule has 1 amide bonds. The molecule has 9 heteroatoms. The van der Waals surface area contributed by atoms with Gasteiger partial charge in [-0.25, -0.2) is 0 Å². The Labute approximate surface area is 174 Å². The van der Waals surface area contributed by atoms with Crippen molar-refractivity contribution in [2.45, 2.75) is 19.9 Å². The molecule has 9 nitrogen and oxygen atoms in total. The zero-order valence-corrected chi connectivity index (χ0v) is 17.1. The Morgan fingerprint density at radius 3 is 2.63 bits per heavy atom. The van der Waals surface area contributed by atoms with E-state index in [0.29, 0.717) is 48.9 Å². The van der Waals surface area contributed by atoms with Gasteiger partial charge in [0.1, 0.15) is 11.8 Å². The van der Waals surface area contributed by atoms with Gasteiger partial charge in [0.05, 0.1) is 35.7 Å². The van der Waals surface area contributed by atoms with Gasteiger partial charge in [-0.2, -0.15) is 5.10 Å². The second kappa shape index (κ2) is 8.37. The van der Waals surface area contributed by atoms with Gasteiger partial charge in [0, 0.05) is 38.1 Å². The number of aryl methyl sites for hydroxylation is 2. The van der Waals surface area contributed by atoms with Crippen LogP contribution in [-0.2, 0) is 14.3 Å². The van der Waals surface area contributed by atoms with Gasteiger partial charge < -0.3 is 14.7 Å². The number of H-pyrrole nitrogens is 1. The summed E-state index contributed by atoms with van der Waals surface area (Å²) in [5.74, 6) is -1.55. The second-order valence-electron chi connectivity index (χ2n) is 7.51. The molecule has 2 aliphatic heterocycles. The molecule has 2 N–H and O–H groups in total. The van der Waals surface area contributed by atoms with Crippen LogP contribution in [0.4, 0.5) is 0 Å². The first-order valence-electron chi connectivity index (χ1n) is 10.0. The number of rotatable bonds is 5. The monoisotopic (exact) mass is 411 g/mol. The van der Waals surface area contributed by atoms with Crippen LogP contribution in [0.2, 0.25) is 0 Å². The summed E-state index contributed by atoms with van der Waals surface area (Å²) in [6.45, 7) is 7.35. The fourth-order valence-corrected chi connectivity index (χ4v) is 4.06.